The molecule has 4 heteroatoms. The molecule has 104 valence electrons. The lowest BCUT2D eigenvalue weighted by Crippen LogP contribution is -1.95. The lowest BCUT2D eigenvalue weighted by atomic mass is 9.98. The van der Waals surface area contributed by atoms with E-state index in [9.17, 15) is 4.79 Å². The zero-order valence-corrected chi connectivity index (χ0v) is 12.3. The summed E-state index contributed by atoms with van der Waals surface area (Å²) in [6.45, 7) is 1.93. The highest BCUT2D eigenvalue weighted by atomic mass is 35.5. The van der Waals surface area contributed by atoms with E-state index < -0.39 is 0 Å². The molecule has 0 heterocycles. The molecule has 0 spiro atoms. The van der Waals surface area contributed by atoms with Gasteiger partial charge in [-0.25, -0.2) is 0 Å². The number of aryl methyl sites for hydroxylation is 1. The lowest BCUT2D eigenvalue weighted by Gasteiger charge is -2.13. The lowest BCUT2D eigenvalue weighted by molar-refractivity contribution is 0.112. The fourth-order valence-electron chi connectivity index (χ4n) is 2.00. The van der Waals surface area contributed by atoms with Crippen LogP contribution in [0, 0.1) is 6.92 Å². The van der Waals surface area contributed by atoms with Crippen LogP contribution in [-0.2, 0) is 0 Å². The number of rotatable bonds is 4. The second kappa shape index (κ2) is 5.97. The maximum Gasteiger partial charge on any atom is 0.161 e. The van der Waals surface area contributed by atoms with Gasteiger partial charge in [-0.2, -0.15) is 0 Å². The van der Waals surface area contributed by atoms with E-state index in [0.717, 1.165) is 23.0 Å². The van der Waals surface area contributed by atoms with E-state index in [1.54, 1.807) is 19.2 Å². The smallest absolute Gasteiger partial charge is 0.161 e. The third kappa shape index (κ3) is 2.63. The van der Waals surface area contributed by atoms with Gasteiger partial charge in [0.25, 0.3) is 0 Å². The van der Waals surface area contributed by atoms with Crippen molar-refractivity contribution in [1.29, 1.82) is 0 Å². The molecule has 0 bridgehead atoms. The molecule has 0 unspecified atom stereocenters. The monoisotopic (exact) mass is 290 g/mol. The van der Waals surface area contributed by atoms with Crippen LogP contribution in [0.4, 0.5) is 0 Å². The molecule has 2 aromatic rings. The van der Waals surface area contributed by atoms with E-state index in [4.69, 9.17) is 21.1 Å². The molecule has 0 radical (unpaired) electrons. The average molecular weight is 291 g/mol. The maximum atomic E-state index is 11.3. The third-order valence-electron chi connectivity index (χ3n) is 3.17. The fourth-order valence-corrected chi connectivity index (χ4v) is 2.18. The van der Waals surface area contributed by atoms with Crippen molar-refractivity contribution in [2.24, 2.45) is 0 Å². The number of carbonyl (C=O) groups excluding carboxylic acids is 1. The number of aldehydes is 1. The molecule has 3 nitrogen and oxygen atoms in total. The van der Waals surface area contributed by atoms with E-state index >= 15 is 0 Å². The standard InChI is InChI=1S/C16H15ClO3/c1-10-4-5-11(6-14(10)17)13-8-16(20-3)15(19-2)7-12(13)9-18/h4-9H,1-3H3. The first kappa shape index (κ1) is 14.4. The predicted molar refractivity (Wildman–Crippen MR) is 80.1 cm³/mol. The first-order valence-electron chi connectivity index (χ1n) is 6.08. The summed E-state index contributed by atoms with van der Waals surface area (Å²) in [5, 5.41) is 0.661. The summed E-state index contributed by atoms with van der Waals surface area (Å²) >= 11 is 6.15. The van der Waals surface area contributed by atoms with E-state index in [0.29, 0.717) is 22.1 Å². The zero-order chi connectivity index (χ0) is 14.7. The van der Waals surface area contributed by atoms with Crippen LogP contribution in [0.25, 0.3) is 11.1 Å². The Morgan fingerprint density at radius 2 is 1.70 bits per heavy atom. The van der Waals surface area contributed by atoms with Crippen molar-refractivity contribution in [3.63, 3.8) is 0 Å². The van der Waals surface area contributed by atoms with Crippen molar-refractivity contribution in [2.75, 3.05) is 14.2 Å². The van der Waals surface area contributed by atoms with Crippen molar-refractivity contribution >= 4 is 17.9 Å². The summed E-state index contributed by atoms with van der Waals surface area (Å²) in [6.07, 6.45) is 0.797. The van der Waals surface area contributed by atoms with Gasteiger partial charge in [-0.05, 0) is 41.8 Å². The molecule has 0 saturated carbocycles. The van der Waals surface area contributed by atoms with Gasteiger partial charge in [0.2, 0.25) is 0 Å². The van der Waals surface area contributed by atoms with E-state index in [-0.39, 0.29) is 0 Å². The topological polar surface area (TPSA) is 35.5 Å². The SMILES string of the molecule is COc1cc(C=O)c(-c2ccc(C)c(Cl)c2)cc1OC. The number of halogens is 1. The van der Waals surface area contributed by atoms with E-state index in [2.05, 4.69) is 0 Å². The number of benzene rings is 2. The van der Waals surface area contributed by atoms with Crippen LogP contribution in [0.5, 0.6) is 11.5 Å². The first-order chi connectivity index (χ1) is 9.60. The maximum absolute atomic E-state index is 11.3. The molecule has 0 fully saturated rings. The zero-order valence-electron chi connectivity index (χ0n) is 11.6. The Bertz CT molecular complexity index is 650. The van der Waals surface area contributed by atoms with Crippen LogP contribution < -0.4 is 9.47 Å². The molecule has 0 aliphatic carbocycles. The van der Waals surface area contributed by atoms with E-state index in [1.165, 1.54) is 7.11 Å². The molecule has 0 aromatic heterocycles. The number of ether oxygens (including phenoxy) is 2. The summed E-state index contributed by atoms with van der Waals surface area (Å²) in [6, 6.07) is 9.13. The molecule has 0 aliphatic heterocycles. The van der Waals surface area contributed by atoms with Gasteiger partial charge in [0.05, 0.1) is 14.2 Å². The molecule has 0 amide bonds. The van der Waals surface area contributed by atoms with Gasteiger partial charge in [-0.15, -0.1) is 0 Å². The molecule has 2 rings (SSSR count). The van der Waals surface area contributed by atoms with Crippen LogP contribution in [0.15, 0.2) is 30.3 Å². The molecule has 0 aliphatic rings. The van der Waals surface area contributed by atoms with Crippen LogP contribution in [0.1, 0.15) is 15.9 Å². The fraction of sp³-hybridized carbons (Fsp3) is 0.188. The Balaban J connectivity index is 2.65. The number of hydrogen-bond acceptors (Lipinski definition) is 3. The highest BCUT2D eigenvalue weighted by molar-refractivity contribution is 6.31. The highest BCUT2D eigenvalue weighted by Gasteiger charge is 2.13. The minimum Gasteiger partial charge on any atom is -0.493 e. The van der Waals surface area contributed by atoms with Crippen molar-refractivity contribution in [3.8, 4) is 22.6 Å². The summed E-state index contributed by atoms with van der Waals surface area (Å²) < 4.78 is 10.5. The van der Waals surface area contributed by atoms with Crippen LogP contribution in [-0.4, -0.2) is 20.5 Å². The molecular formula is C16H15ClO3. The molecular weight excluding hydrogens is 276 g/mol. The molecule has 0 atom stereocenters. The minimum atomic E-state index is 0.525. The Kier molecular flexibility index (Phi) is 4.30. The van der Waals surface area contributed by atoms with E-state index in [1.807, 2.05) is 25.1 Å². The Labute approximate surface area is 123 Å². The summed E-state index contributed by atoms with van der Waals surface area (Å²) in [7, 11) is 3.10. The quantitative estimate of drug-likeness (QED) is 0.794. The normalized spacial score (nSPS) is 10.2. The van der Waals surface area contributed by atoms with Gasteiger partial charge < -0.3 is 9.47 Å². The second-order valence-corrected chi connectivity index (χ2v) is 4.78. The van der Waals surface area contributed by atoms with Crippen molar-refractivity contribution < 1.29 is 14.3 Å². The van der Waals surface area contributed by atoms with Gasteiger partial charge in [-0.3, -0.25) is 4.79 Å². The molecule has 0 saturated heterocycles. The predicted octanol–water partition coefficient (Wildman–Crippen LogP) is 4.15. The summed E-state index contributed by atoms with van der Waals surface area (Å²) in [4.78, 5) is 11.3. The number of hydrogen-bond donors (Lipinski definition) is 0. The second-order valence-electron chi connectivity index (χ2n) is 4.38. The van der Waals surface area contributed by atoms with Gasteiger partial charge >= 0.3 is 0 Å². The van der Waals surface area contributed by atoms with Gasteiger partial charge in [0.15, 0.2) is 17.8 Å². The van der Waals surface area contributed by atoms with Crippen LogP contribution >= 0.6 is 11.6 Å². The summed E-state index contributed by atoms with van der Waals surface area (Å²) in [5.41, 5.74) is 3.15. The van der Waals surface area contributed by atoms with Gasteiger partial charge in [-0.1, -0.05) is 23.7 Å². The molecule has 20 heavy (non-hydrogen) atoms. The Hall–Kier alpha value is -2.00. The average Bonchev–Trinajstić information content (AvgIpc) is 2.48. The van der Waals surface area contributed by atoms with Gasteiger partial charge in [0, 0.05) is 10.6 Å². The Morgan fingerprint density at radius 1 is 1.05 bits per heavy atom. The Morgan fingerprint density at radius 3 is 2.25 bits per heavy atom. The largest absolute Gasteiger partial charge is 0.493 e. The highest BCUT2D eigenvalue weighted by Crippen LogP contribution is 2.36. The third-order valence-corrected chi connectivity index (χ3v) is 3.57. The minimum absolute atomic E-state index is 0.525. The molecule has 2 aromatic carbocycles. The van der Waals surface area contributed by atoms with Crippen LogP contribution in [0.2, 0.25) is 5.02 Å². The summed E-state index contributed by atoms with van der Waals surface area (Å²) in [5.74, 6) is 1.10. The number of methoxy groups -OCH3 is 2. The van der Waals surface area contributed by atoms with Crippen LogP contribution in [0.3, 0.4) is 0 Å². The molecule has 0 N–H and O–H groups in total. The number of carbonyl (C=O) groups is 1. The van der Waals surface area contributed by atoms with Crippen molar-refractivity contribution in [2.45, 2.75) is 6.92 Å². The van der Waals surface area contributed by atoms with Crippen molar-refractivity contribution in [3.05, 3.63) is 46.5 Å². The first-order valence-corrected chi connectivity index (χ1v) is 6.46. The van der Waals surface area contributed by atoms with Crippen molar-refractivity contribution in [1.82, 2.24) is 0 Å². The van der Waals surface area contributed by atoms with Gasteiger partial charge in [0.1, 0.15) is 0 Å².